The Kier molecular flexibility index (Phi) is 8.28. The number of hydrogen-bond acceptors (Lipinski definition) is 6. The van der Waals surface area contributed by atoms with E-state index in [1.165, 1.54) is 23.0 Å². The van der Waals surface area contributed by atoms with Gasteiger partial charge in [0, 0.05) is 23.7 Å². The summed E-state index contributed by atoms with van der Waals surface area (Å²) in [6, 6.07) is 7.36. The Labute approximate surface area is 237 Å². The highest BCUT2D eigenvalue weighted by atomic mass is 19.1. The number of fused-ring (bicyclic) bond motifs is 2. The lowest BCUT2D eigenvalue weighted by Gasteiger charge is -2.35. The van der Waals surface area contributed by atoms with E-state index in [0.29, 0.717) is 29.6 Å². The number of aryl methyl sites for hydroxylation is 1. The molecule has 214 valence electrons. The van der Waals surface area contributed by atoms with E-state index in [1.54, 1.807) is 24.3 Å². The molecule has 0 saturated heterocycles. The molecule has 3 aromatic rings. The molecule has 2 fully saturated rings. The van der Waals surface area contributed by atoms with E-state index in [9.17, 15) is 18.8 Å². The molecule has 2 N–H and O–H groups in total. The first-order valence-corrected chi connectivity index (χ1v) is 14.0. The van der Waals surface area contributed by atoms with E-state index in [1.807, 2.05) is 6.92 Å². The van der Waals surface area contributed by atoms with E-state index >= 15 is 0 Å². The number of ether oxygens (including phenoxy) is 1. The smallest absolute Gasteiger partial charge is 0.313 e. The molecule has 0 radical (unpaired) electrons. The number of nitrogens with one attached hydrogen (secondary N) is 2. The summed E-state index contributed by atoms with van der Waals surface area (Å²) in [4.78, 5) is 43.8. The molecule has 1 aromatic carbocycles. The lowest BCUT2D eigenvalue weighted by molar-refractivity contribution is -0.147. The molecule has 3 unspecified atom stereocenters. The highest BCUT2D eigenvalue weighted by Crippen LogP contribution is 2.47. The van der Waals surface area contributed by atoms with E-state index in [-0.39, 0.29) is 66.2 Å². The third-order valence-electron chi connectivity index (χ3n) is 8.33. The molecule has 2 saturated carbocycles. The van der Waals surface area contributed by atoms with Gasteiger partial charge in [-0.1, -0.05) is 43.9 Å². The van der Waals surface area contributed by atoms with Crippen LogP contribution in [0.3, 0.4) is 0 Å². The zero-order valence-corrected chi connectivity index (χ0v) is 23.1. The van der Waals surface area contributed by atoms with Crippen molar-refractivity contribution in [2.24, 2.45) is 17.8 Å². The fraction of sp³-hybridized carbons (Fsp3) is 0.387. The first kappa shape index (κ1) is 28.2. The maximum Gasteiger partial charge on any atom is 0.313 e. The topological polar surface area (TPSA) is 115 Å². The summed E-state index contributed by atoms with van der Waals surface area (Å²) in [6.07, 6.45) is 6.40. The van der Waals surface area contributed by atoms with Crippen LogP contribution in [0, 0.1) is 23.6 Å². The molecule has 41 heavy (non-hydrogen) atoms. The summed E-state index contributed by atoms with van der Waals surface area (Å²) in [7, 11) is 0. The normalized spacial score (nSPS) is 21.8. The number of aromatic nitrogens is 3. The van der Waals surface area contributed by atoms with Crippen molar-refractivity contribution in [1.29, 1.82) is 0 Å². The van der Waals surface area contributed by atoms with Gasteiger partial charge in [0.15, 0.2) is 5.65 Å². The molecule has 0 aliphatic heterocycles. The summed E-state index contributed by atoms with van der Waals surface area (Å²) in [5.74, 6) is -1.37. The third-order valence-corrected chi connectivity index (χ3v) is 8.33. The lowest BCUT2D eigenvalue weighted by atomic mass is 9.71. The Morgan fingerprint density at radius 1 is 1.15 bits per heavy atom. The minimum Gasteiger partial charge on any atom is -0.461 e. The van der Waals surface area contributed by atoms with Crippen LogP contribution in [0.25, 0.3) is 5.65 Å². The summed E-state index contributed by atoms with van der Waals surface area (Å²) in [5.41, 5.74) is 3.30. The van der Waals surface area contributed by atoms with Crippen LogP contribution in [0.2, 0.25) is 0 Å². The van der Waals surface area contributed by atoms with Crippen LogP contribution >= 0.6 is 0 Å². The van der Waals surface area contributed by atoms with Gasteiger partial charge >= 0.3 is 5.97 Å². The highest BCUT2D eigenvalue weighted by molar-refractivity contribution is 6.01. The van der Waals surface area contributed by atoms with Crippen molar-refractivity contribution >= 4 is 23.4 Å². The molecule has 2 heterocycles. The molecule has 10 heteroatoms. The van der Waals surface area contributed by atoms with Crippen LogP contribution in [0.1, 0.15) is 64.6 Å². The van der Waals surface area contributed by atoms with Crippen molar-refractivity contribution < 1.29 is 23.5 Å². The van der Waals surface area contributed by atoms with E-state index in [2.05, 4.69) is 33.9 Å². The Hall–Kier alpha value is -4.34. The van der Waals surface area contributed by atoms with E-state index in [0.717, 1.165) is 30.4 Å². The molecular formula is C31H34FN5O4. The first-order chi connectivity index (χ1) is 19.8. The fourth-order valence-corrected chi connectivity index (χ4v) is 6.29. The largest absolute Gasteiger partial charge is 0.461 e. The molecule has 4 atom stereocenters. The molecule has 5 rings (SSSR count). The van der Waals surface area contributed by atoms with Crippen LogP contribution in [-0.2, 0) is 22.5 Å². The summed E-state index contributed by atoms with van der Waals surface area (Å²) >= 11 is 0. The molecular weight excluding hydrogens is 525 g/mol. The van der Waals surface area contributed by atoms with E-state index in [4.69, 9.17) is 4.74 Å². The van der Waals surface area contributed by atoms with Crippen LogP contribution in [0.15, 0.2) is 61.5 Å². The maximum absolute atomic E-state index is 13.7. The van der Waals surface area contributed by atoms with Crippen molar-refractivity contribution in [3.8, 4) is 0 Å². The Bertz CT molecular complexity index is 1500. The van der Waals surface area contributed by atoms with E-state index < -0.39 is 0 Å². The van der Waals surface area contributed by atoms with Gasteiger partial charge in [0.2, 0.25) is 0 Å². The number of rotatable bonds is 9. The van der Waals surface area contributed by atoms with Gasteiger partial charge in [0.25, 0.3) is 11.8 Å². The van der Waals surface area contributed by atoms with Crippen LogP contribution in [0.5, 0.6) is 0 Å². The predicted molar refractivity (Wildman–Crippen MR) is 150 cm³/mol. The number of hydrogen-bond donors (Lipinski definition) is 2. The summed E-state index contributed by atoms with van der Waals surface area (Å²) in [6.45, 7) is 10.1. The number of carbonyl (C=O) groups is 3. The van der Waals surface area contributed by atoms with Crippen molar-refractivity contribution in [2.45, 2.75) is 51.6 Å². The van der Waals surface area contributed by atoms with Gasteiger partial charge in [-0.2, -0.15) is 5.10 Å². The second-order valence-electron chi connectivity index (χ2n) is 10.6. The maximum atomic E-state index is 13.7. The van der Waals surface area contributed by atoms with Crippen molar-refractivity contribution in [2.75, 3.05) is 6.61 Å². The number of nitrogens with zero attached hydrogens (tertiary/aromatic N) is 3. The average molecular weight is 560 g/mol. The summed E-state index contributed by atoms with van der Waals surface area (Å²) in [5, 5.41) is 10.3. The second-order valence-corrected chi connectivity index (χ2v) is 10.6. The van der Waals surface area contributed by atoms with Crippen molar-refractivity contribution in [3.63, 3.8) is 0 Å². The standard InChI is InChI=1S/C31H34FN5O4/c1-4-14-41-31(40)23-10-11-24-22(18(23)3)12-13-26(24)36-30(39)27-15-25(21(5-2)28-34-17-35-37(27)28)29(38)33-16-19-6-8-20(32)9-7-19/h4,6-9,15,17,22-24,26H,1,3,5,10-14,16H2,2H3,(H,33,38)(H,36,39)/t22?,23?,24?,26-/m0/s1. The third kappa shape index (κ3) is 5.64. The second kappa shape index (κ2) is 12.0. The van der Waals surface area contributed by atoms with Crippen LogP contribution in [0.4, 0.5) is 4.39 Å². The number of carbonyl (C=O) groups excluding carboxylic acids is 3. The van der Waals surface area contributed by atoms with Gasteiger partial charge in [-0.25, -0.2) is 13.9 Å². The van der Waals surface area contributed by atoms with Gasteiger partial charge < -0.3 is 15.4 Å². The Balaban J connectivity index is 1.33. The number of amides is 2. The van der Waals surface area contributed by atoms with Gasteiger partial charge in [-0.15, -0.1) is 0 Å². The fourth-order valence-electron chi connectivity index (χ4n) is 6.29. The average Bonchev–Trinajstić information content (AvgIpc) is 3.63. The Morgan fingerprint density at radius 3 is 2.66 bits per heavy atom. The zero-order valence-electron chi connectivity index (χ0n) is 23.1. The van der Waals surface area contributed by atoms with Crippen molar-refractivity contribution in [1.82, 2.24) is 25.2 Å². The van der Waals surface area contributed by atoms with Gasteiger partial charge in [0.05, 0.1) is 5.92 Å². The first-order valence-electron chi connectivity index (χ1n) is 14.0. The number of halogens is 1. The van der Waals surface area contributed by atoms with Gasteiger partial charge in [-0.3, -0.25) is 14.4 Å². The minimum atomic E-state index is -0.357. The Morgan fingerprint density at radius 2 is 1.93 bits per heavy atom. The molecule has 9 nitrogen and oxygen atoms in total. The highest BCUT2D eigenvalue weighted by Gasteiger charge is 2.45. The lowest BCUT2D eigenvalue weighted by Crippen LogP contribution is -2.42. The monoisotopic (exact) mass is 559 g/mol. The van der Waals surface area contributed by atoms with Gasteiger partial charge in [-0.05, 0) is 67.7 Å². The SMILES string of the molecule is C=CCOC(=O)C1CCC2C(CC[C@@H]2NC(=O)c2cc(C(=O)NCc3ccc(F)cc3)c(CC)c3ncnn23)C1=C. The molecule has 2 amide bonds. The minimum absolute atomic E-state index is 0.102. The van der Waals surface area contributed by atoms with Crippen LogP contribution in [-0.4, -0.2) is 45.0 Å². The molecule has 2 aliphatic carbocycles. The van der Waals surface area contributed by atoms with Crippen molar-refractivity contribution in [3.05, 3.63) is 89.7 Å². The quantitative estimate of drug-likeness (QED) is 0.300. The molecule has 2 aliphatic rings. The number of esters is 1. The number of pyridine rings is 1. The zero-order chi connectivity index (χ0) is 29.1. The van der Waals surface area contributed by atoms with Crippen LogP contribution < -0.4 is 10.6 Å². The molecule has 0 spiro atoms. The molecule has 0 bridgehead atoms. The molecule has 2 aromatic heterocycles. The van der Waals surface area contributed by atoms with Gasteiger partial charge in [0.1, 0.15) is 24.4 Å². The summed E-state index contributed by atoms with van der Waals surface area (Å²) < 4.78 is 20.0. The number of benzene rings is 1. The predicted octanol–water partition coefficient (Wildman–Crippen LogP) is 4.18.